The van der Waals surface area contributed by atoms with E-state index in [0.717, 1.165) is 4.88 Å². The Hall–Kier alpha value is -2.52. The van der Waals surface area contributed by atoms with E-state index < -0.39 is 6.61 Å². The molecule has 0 aliphatic carbocycles. The monoisotopic (exact) mass is 395 g/mol. The summed E-state index contributed by atoms with van der Waals surface area (Å²) < 4.78 is 28.5. The molecule has 0 unspecified atom stereocenters. The minimum absolute atomic E-state index is 0.0280. The van der Waals surface area contributed by atoms with Crippen LogP contribution in [0.2, 0.25) is 0 Å². The number of benzene rings is 1. The number of anilines is 1. The van der Waals surface area contributed by atoms with Crippen molar-refractivity contribution in [3.63, 3.8) is 0 Å². The highest BCUT2D eigenvalue weighted by Gasteiger charge is 2.23. The predicted octanol–water partition coefficient (Wildman–Crippen LogP) is 2.75. The molecule has 2 amide bonds. The summed E-state index contributed by atoms with van der Waals surface area (Å²) in [5, 5.41) is 4.60. The molecule has 0 bridgehead atoms. The smallest absolute Gasteiger partial charge is 0.387 e. The van der Waals surface area contributed by atoms with E-state index in [2.05, 4.69) is 10.1 Å². The van der Waals surface area contributed by atoms with Gasteiger partial charge in [0.15, 0.2) is 0 Å². The first-order valence-corrected chi connectivity index (χ1v) is 9.29. The Labute approximate surface area is 159 Å². The first-order valence-electron chi connectivity index (χ1n) is 8.41. The quantitative estimate of drug-likeness (QED) is 0.817. The van der Waals surface area contributed by atoms with Crippen LogP contribution in [0.1, 0.15) is 9.67 Å². The second-order valence-electron chi connectivity index (χ2n) is 6.00. The van der Waals surface area contributed by atoms with Gasteiger partial charge in [-0.05, 0) is 35.7 Å². The normalized spacial score (nSPS) is 15.0. The maximum atomic E-state index is 12.3. The minimum Gasteiger partial charge on any atom is -0.435 e. The van der Waals surface area contributed by atoms with Crippen molar-refractivity contribution in [1.82, 2.24) is 9.80 Å². The highest BCUT2D eigenvalue weighted by Crippen LogP contribution is 2.18. The lowest BCUT2D eigenvalue weighted by molar-refractivity contribution is -0.117. The zero-order valence-electron chi connectivity index (χ0n) is 14.4. The molecule has 3 rings (SSSR count). The van der Waals surface area contributed by atoms with Crippen LogP contribution in [0.25, 0.3) is 0 Å². The molecule has 2 heterocycles. The number of thiophene rings is 1. The Morgan fingerprint density at radius 3 is 2.41 bits per heavy atom. The molecule has 1 saturated heterocycles. The minimum atomic E-state index is -2.88. The molecule has 0 spiro atoms. The Bertz CT molecular complexity index is 761. The lowest BCUT2D eigenvalue weighted by Gasteiger charge is -2.34. The van der Waals surface area contributed by atoms with Gasteiger partial charge in [-0.1, -0.05) is 6.07 Å². The van der Waals surface area contributed by atoms with Crippen LogP contribution in [-0.4, -0.2) is 60.9 Å². The largest absolute Gasteiger partial charge is 0.435 e. The Morgan fingerprint density at radius 1 is 1.11 bits per heavy atom. The topological polar surface area (TPSA) is 61.9 Å². The Kier molecular flexibility index (Phi) is 6.36. The number of rotatable bonds is 6. The van der Waals surface area contributed by atoms with Crippen molar-refractivity contribution in [2.24, 2.45) is 0 Å². The maximum Gasteiger partial charge on any atom is 0.387 e. The van der Waals surface area contributed by atoms with Crippen LogP contribution in [0.4, 0.5) is 14.5 Å². The zero-order chi connectivity index (χ0) is 19.2. The molecule has 144 valence electrons. The third-order valence-electron chi connectivity index (χ3n) is 4.12. The zero-order valence-corrected chi connectivity index (χ0v) is 15.3. The lowest BCUT2D eigenvalue weighted by atomic mass is 10.2. The van der Waals surface area contributed by atoms with Crippen LogP contribution in [0.15, 0.2) is 41.8 Å². The van der Waals surface area contributed by atoms with E-state index in [1.807, 2.05) is 22.4 Å². The van der Waals surface area contributed by atoms with Gasteiger partial charge >= 0.3 is 6.61 Å². The van der Waals surface area contributed by atoms with Crippen LogP contribution >= 0.6 is 11.3 Å². The van der Waals surface area contributed by atoms with Gasteiger partial charge in [-0.25, -0.2) is 0 Å². The number of halogens is 2. The molecule has 0 radical (unpaired) electrons. The molecule has 1 fully saturated rings. The number of carbonyl (C=O) groups excluding carboxylic acids is 2. The second-order valence-corrected chi connectivity index (χ2v) is 6.94. The number of amides is 2. The van der Waals surface area contributed by atoms with Gasteiger partial charge in [-0.15, -0.1) is 11.3 Å². The molecule has 2 aromatic rings. The van der Waals surface area contributed by atoms with E-state index in [1.165, 1.54) is 35.6 Å². The van der Waals surface area contributed by atoms with Gasteiger partial charge in [0, 0.05) is 31.9 Å². The number of nitrogens with one attached hydrogen (secondary N) is 1. The van der Waals surface area contributed by atoms with Crippen molar-refractivity contribution in [3.8, 4) is 5.75 Å². The number of carbonyl (C=O) groups is 2. The van der Waals surface area contributed by atoms with E-state index in [9.17, 15) is 18.4 Å². The molecule has 0 saturated carbocycles. The number of hydrogen-bond acceptors (Lipinski definition) is 5. The summed E-state index contributed by atoms with van der Waals surface area (Å²) in [6.07, 6.45) is 0. The summed E-state index contributed by atoms with van der Waals surface area (Å²) >= 11 is 1.42. The fourth-order valence-corrected chi connectivity index (χ4v) is 3.48. The molecule has 6 nitrogen and oxygen atoms in total. The van der Waals surface area contributed by atoms with E-state index in [0.29, 0.717) is 31.9 Å². The maximum absolute atomic E-state index is 12.3. The van der Waals surface area contributed by atoms with E-state index >= 15 is 0 Å². The molecule has 1 aromatic heterocycles. The average Bonchev–Trinajstić information content (AvgIpc) is 3.18. The number of hydrogen-bond donors (Lipinski definition) is 1. The van der Waals surface area contributed by atoms with Crippen molar-refractivity contribution < 1.29 is 23.1 Å². The fourth-order valence-electron chi connectivity index (χ4n) is 2.79. The average molecular weight is 395 g/mol. The Morgan fingerprint density at radius 2 is 1.81 bits per heavy atom. The van der Waals surface area contributed by atoms with Gasteiger partial charge in [-0.2, -0.15) is 8.78 Å². The summed E-state index contributed by atoms with van der Waals surface area (Å²) in [5.41, 5.74) is 0.508. The van der Waals surface area contributed by atoms with Crippen LogP contribution in [0.5, 0.6) is 5.75 Å². The second kappa shape index (κ2) is 8.92. The number of piperazine rings is 1. The van der Waals surface area contributed by atoms with Crippen molar-refractivity contribution >= 4 is 28.8 Å². The van der Waals surface area contributed by atoms with Gasteiger partial charge in [0.25, 0.3) is 5.91 Å². The summed E-state index contributed by atoms with van der Waals surface area (Å²) in [4.78, 5) is 29.0. The third kappa shape index (κ3) is 5.48. The number of ether oxygens (including phenoxy) is 1. The summed E-state index contributed by atoms with van der Waals surface area (Å²) in [5.74, 6) is -0.134. The molecular formula is C18H19F2N3O3S. The van der Waals surface area contributed by atoms with Crippen molar-refractivity contribution in [3.05, 3.63) is 46.7 Å². The van der Waals surface area contributed by atoms with Gasteiger partial charge in [-0.3, -0.25) is 14.5 Å². The van der Waals surface area contributed by atoms with Crippen LogP contribution in [0.3, 0.4) is 0 Å². The first-order chi connectivity index (χ1) is 13.0. The molecule has 1 aliphatic heterocycles. The highest BCUT2D eigenvalue weighted by atomic mass is 32.1. The van der Waals surface area contributed by atoms with Crippen molar-refractivity contribution in [1.29, 1.82) is 0 Å². The Balaban J connectivity index is 1.43. The van der Waals surface area contributed by atoms with Crippen molar-refractivity contribution in [2.75, 3.05) is 38.0 Å². The van der Waals surface area contributed by atoms with Gasteiger partial charge < -0.3 is 15.0 Å². The summed E-state index contributed by atoms with van der Waals surface area (Å²) in [6.45, 7) is -0.294. The molecule has 1 N–H and O–H groups in total. The van der Waals surface area contributed by atoms with E-state index in [-0.39, 0.29) is 24.1 Å². The molecule has 1 aromatic carbocycles. The molecular weight excluding hydrogens is 376 g/mol. The van der Waals surface area contributed by atoms with Gasteiger partial charge in [0.1, 0.15) is 5.75 Å². The van der Waals surface area contributed by atoms with Crippen LogP contribution in [0, 0.1) is 0 Å². The third-order valence-corrected chi connectivity index (χ3v) is 4.98. The van der Waals surface area contributed by atoms with Gasteiger partial charge in [0.2, 0.25) is 5.91 Å². The molecule has 27 heavy (non-hydrogen) atoms. The molecule has 0 atom stereocenters. The van der Waals surface area contributed by atoms with E-state index in [4.69, 9.17) is 0 Å². The first kappa shape index (κ1) is 19.2. The number of nitrogens with zero attached hydrogens (tertiary/aromatic N) is 2. The lowest BCUT2D eigenvalue weighted by Crippen LogP contribution is -2.50. The van der Waals surface area contributed by atoms with Crippen LogP contribution < -0.4 is 10.1 Å². The molecule has 9 heteroatoms. The SMILES string of the molecule is O=C(CN1CCN(C(=O)c2cccs2)CC1)Nc1ccc(OC(F)F)cc1. The summed E-state index contributed by atoms with van der Waals surface area (Å²) in [7, 11) is 0. The molecule has 1 aliphatic rings. The standard InChI is InChI=1S/C18H19F2N3O3S/c19-18(20)26-14-5-3-13(4-6-14)21-16(24)12-22-7-9-23(10-8-22)17(25)15-2-1-11-27-15/h1-6,11,18H,7-10,12H2,(H,21,24). The van der Waals surface area contributed by atoms with Crippen molar-refractivity contribution in [2.45, 2.75) is 6.61 Å². The summed E-state index contributed by atoms with van der Waals surface area (Å²) in [6, 6.07) is 9.42. The van der Waals surface area contributed by atoms with E-state index in [1.54, 1.807) is 4.90 Å². The van der Waals surface area contributed by atoms with Gasteiger partial charge in [0.05, 0.1) is 11.4 Å². The fraction of sp³-hybridized carbons (Fsp3) is 0.333. The highest BCUT2D eigenvalue weighted by molar-refractivity contribution is 7.12. The van der Waals surface area contributed by atoms with Crippen LogP contribution in [-0.2, 0) is 4.79 Å². The predicted molar refractivity (Wildman–Crippen MR) is 98.4 cm³/mol. The number of alkyl halides is 2.